The summed E-state index contributed by atoms with van der Waals surface area (Å²) < 4.78 is 4.95. The largest absolute Gasteiger partial charge is 0.490 e. The Morgan fingerprint density at radius 1 is 1.28 bits per heavy atom. The van der Waals surface area contributed by atoms with E-state index in [9.17, 15) is 14.9 Å². The maximum atomic E-state index is 11.9. The average Bonchev–Trinajstić information content (AvgIpc) is 2.61. The van der Waals surface area contributed by atoms with E-state index in [0.29, 0.717) is 16.3 Å². The first-order valence-electron chi connectivity index (χ1n) is 7.31. The lowest BCUT2D eigenvalue weighted by molar-refractivity contribution is -0.385. The summed E-state index contributed by atoms with van der Waals surface area (Å²) in [4.78, 5) is 22.5. The van der Waals surface area contributed by atoms with Crippen LogP contribution in [0.2, 0.25) is 5.02 Å². The number of methoxy groups -OCH3 is 1. The number of nitro benzene ring substituents is 1. The zero-order valence-corrected chi connectivity index (χ0v) is 14.4. The normalized spacial score (nSPS) is 11.1. The third kappa shape index (κ3) is 5.02. The van der Waals surface area contributed by atoms with E-state index in [0.717, 1.165) is 5.56 Å². The van der Waals surface area contributed by atoms with Crippen molar-refractivity contribution in [3.63, 3.8) is 0 Å². The van der Waals surface area contributed by atoms with E-state index >= 15 is 0 Å². The molecule has 2 rings (SSSR count). The van der Waals surface area contributed by atoms with Crippen molar-refractivity contribution < 1.29 is 14.5 Å². The Hall–Kier alpha value is -2.93. The van der Waals surface area contributed by atoms with Gasteiger partial charge in [0.25, 0.3) is 0 Å². The Labute approximate surface area is 149 Å². The van der Waals surface area contributed by atoms with Gasteiger partial charge in [-0.15, -0.1) is 0 Å². The van der Waals surface area contributed by atoms with Gasteiger partial charge in [0.15, 0.2) is 5.75 Å². The van der Waals surface area contributed by atoms with Gasteiger partial charge in [-0.25, -0.2) is 5.43 Å². The summed E-state index contributed by atoms with van der Waals surface area (Å²) in [6, 6.07) is 11.4. The Morgan fingerprint density at radius 3 is 2.56 bits per heavy atom. The van der Waals surface area contributed by atoms with Gasteiger partial charge in [-0.05, 0) is 36.8 Å². The van der Waals surface area contributed by atoms with E-state index < -0.39 is 4.92 Å². The predicted octanol–water partition coefficient (Wildman–Crippen LogP) is 3.34. The molecule has 0 atom stereocenters. The van der Waals surface area contributed by atoms with Crippen molar-refractivity contribution in [1.29, 1.82) is 0 Å². The van der Waals surface area contributed by atoms with Crippen molar-refractivity contribution in [1.82, 2.24) is 5.43 Å². The number of amides is 1. The molecule has 0 saturated carbocycles. The fraction of sp³-hybridized carbons (Fsp3) is 0.176. The highest BCUT2D eigenvalue weighted by Gasteiger charge is 2.16. The minimum Gasteiger partial charge on any atom is -0.490 e. The van der Waals surface area contributed by atoms with Crippen molar-refractivity contribution in [3.8, 4) is 5.75 Å². The standard InChI is InChI=1S/C17H16ClN3O4/c1-11(13-5-8-16(25-2)15(10-13)21(23)24)19-20-17(22)9-12-3-6-14(18)7-4-12/h3-8,10H,9H2,1-2H3,(H,20,22)/b19-11-. The quantitative estimate of drug-likeness (QED) is 0.485. The molecule has 0 aliphatic rings. The highest BCUT2D eigenvalue weighted by Crippen LogP contribution is 2.27. The Morgan fingerprint density at radius 2 is 1.96 bits per heavy atom. The summed E-state index contributed by atoms with van der Waals surface area (Å²) in [6.07, 6.45) is 0.150. The lowest BCUT2D eigenvalue weighted by atomic mass is 10.1. The highest BCUT2D eigenvalue weighted by molar-refractivity contribution is 6.30. The number of benzene rings is 2. The average molecular weight is 362 g/mol. The maximum absolute atomic E-state index is 11.9. The molecular formula is C17H16ClN3O4. The van der Waals surface area contributed by atoms with Crippen LogP contribution >= 0.6 is 11.6 Å². The number of nitrogens with zero attached hydrogens (tertiary/aromatic N) is 2. The summed E-state index contributed by atoms with van der Waals surface area (Å²) in [6.45, 7) is 1.65. The highest BCUT2D eigenvalue weighted by atomic mass is 35.5. The molecule has 0 radical (unpaired) electrons. The van der Waals surface area contributed by atoms with Gasteiger partial charge in [0.05, 0.1) is 24.2 Å². The number of hydrogen-bond donors (Lipinski definition) is 1. The van der Waals surface area contributed by atoms with E-state index in [1.165, 1.54) is 19.2 Å². The van der Waals surface area contributed by atoms with Gasteiger partial charge in [0, 0.05) is 16.7 Å². The predicted molar refractivity (Wildman–Crippen MR) is 95.2 cm³/mol. The van der Waals surface area contributed by atoms with Gasteiger partial charge in [-0.1, -0.05) is 23.7 Å². The first kappa shape index (κ1) is 18.4. The van der Waals surface area contributed by atoms with E-state index in [4.69, 9.17) is 16.3 Å². The first-order chi connectivity index (χ1) is 11.9. The van der Waals surface area contributed by atoms with Gasteiger partial charge in [-0.3, -0.25) is 14.9 Å². The van der Waals surface area contributed by atoms with Crippen LogP contribution in [0.5, 0.6) is 5.75 Å². The van der Waals surface area contributed by atoms with Crippen LogP contribution < -0.4 is 10.2 Å². The molecule has 0 spiro atoms. The zero-order chi connectivity index (χ0) is 18.4. The van der Waals surface area contributed by atoms with E-state index in [1.807, 2.05) is 0 Å². The summed E-state index contributed by atoms with van der Waals surface area (Å²) in [5.41, 5.74) is 4.03. The molecule has 25 heavy (non-hydrogen) atoms. The Kier molecular flexibility index (Phi) is 6.08. The van der Waals surface area contributed by atoms with Crippen molar-refractivity contribution in [3.05, 3.63) is 68.7 Å². The smallest absolute Gasteiger partial charge is 0.311 e. The summed E-state index contributed by atoms with van der Waals surface area (Å²) in [5, 5.41) is 15.6. The minimum absolute atomic E-state index is 0.150. The lowest BCUT2D eigenvalue weighted by Crippen LogP contribution is -2.21. The van der Waals surface area contributed by atoms with E-state index in [-0.39, 0.29) is 23.8 Å². The molecule has 0 aliphatic carbocycles. The van der Waals surface area contributed by atoms with Crippen LogP contribution in [0.4, 0.5) is 5.69 Å². The van der Waals surface area contributed by atoms with Gasteiger partial charge < -0.3 is 4.74 Å². The molecule has 0 saturated heterocycles. The third-order valence-electron chi connectivity index (χ3n) is 3.42. The molecule has 7 nitrogen and oxygen atoms in total. The molecule has 8 heteroatoms. The van der Waals surface area contributed by atoms with E-state index in [1.54, 1.807) is 37.3 Å². The van der Waals surface area contributed by atoms with Crippen molar-refractivity contribution >= 4 is 28.9 Å². The molecule has 0 heterocycles. The zero-order valence-electron chi connectivity index (χ0n) is 13.7. The van der Waals surface area contributed by atoms with Crippen LogP contribution in [0.3, 0.4) is 0 Å². The summed E-state index contributed by atoms with van der Waals surface area (Å²) >= 11 is 5.80. The van der Waals surface area contributed by atoms with Crippen LogP contribution in [0, 0.1) is 10.1 Å². The van der Waals surface area contributed by atoms with Crippen LogP contribution in [-0.2, 0) is 11.2 Å². The number of nitro groups is 1. The molecule has 0 bridgehead atoms. The summed E-state index contributed by atoms with van der Waals surface area (Å²) in [7, 11) is 1.36. The number of hydrazone groups is 1. The van der Waals surface area contributed by atoms with Crippen molar-refractivity contribution in [2.75, 3.05) is 7.11 Å². The van der Waals surface area contributed by atoms with Gasteiger partial charge in [-0.2, -0.15) is 5.10 Å². The minimum atomic E-state index is -0.533. The molecule has 1 N–H and O–H groups in total. The first-order valence-corrected chi connectivity index (χ1v) is 7.69. The molecule has 0 unspecified atom stereocenters. The molecule has 0 aliphatic heterocycles. The number of carbonyl (C=O) groups excluding carboxylic acids is 1. The number of hydrogen-bond acceptors (Lipinski definition) is 5. The van der Waals surface area contributed by atoms with E-state index in [2.05, 4.69) is 10.5 Å². The second-order valence-electron chi connectivity index (χ2n) is 5.18. The molecular weight excluding hydrogens is 346 g/mol. The SMILES string of the molecule is COc1ccc(/C(C)=N\NC(=O)Cc2ccc(Cl)cc2)cc1[N+](=O)[O-]. The molecule has 130 valence electrons. The van der Waals surface area contributed by atoms with Crippen LogP contribution in [0.1, 0.15) is 18.1 Å². The number of rotatable bonds is 6. The summed E-state index contributed by atoms with van der Waals surface area (Å²) in [5.74, 6) is -0.141. The molecule has 2 aromatic rings. The molecule has 0 fully saturated rings. The third-order valence-corrected chi connectivity index (χ3v) is 3.67. The fourth-order valence-corrected chi connectivity index (χ4v) is 2.22. The van der Waals surface area contributed by atoms with Crippen LogP contribution in [-0.4, -0.2) is 23.7 Å². The van der Waals surface area contributed by atoms with Gasteiger partial charge >= 0.3 is 5.69 Å². The van der Waals surface area contributed by atoms with Crippen molar-refractivity contribution in [2.45, 2.75) is 13.3 Å². The van der Waals surface area contributed by atoms with Crippen LogP contribution in [0.15, 0.2) is 47.6 Å². The number of carbonyl (C=O) groups is 1. The maximum Gasteiger partial charge on any atom is 0.311 e. The molecule has 0 aromatic heterocycles. The Bertz CT molecular complexity index is 819. The van der Waals surface area contributed by atoms with Crippen LogP contribution in [0.25, 0.3) is 0 Å². The van der Waals surface area contributed by atoms with Crippen molar-refractivity contribution in [2.24, 2.45) is 5.10 Å². The second kappa shape index (κ2) is 8.25. The molecule has 1 amide bonds. The fourth-order valence-electron chi connectivity index (χ4n) is 2.10. The monoisotopic (exact) mass is 361 g/mol. The van der Waals surface area contributed by atoms with Gasteiger partial charge in [0.2, 0.25) is 5.91 Å². The Balaban J connectivity index is 2.08. The number of halogens is 1. The number of ether oxygens (including phenoxy) is 1. The topological polar surface area (TPSA) is 93.8 Å². The second-order valence-corrected chi connectivity index (χ2v) is 5.62. The lowest BCUT2D eigenvalue weighted by Gasteiger charge is -2.06. The number of nitrogens with one attached hydrogen (secondary N) is 1. The molecule has 2 aromatic carbocycles. The van der Waals surface area contributed by atoms with Gasteiger partial charge in [0.1, 0.15) is 0 Å².